The molecule has 1 saturated carbocycles. The van der Waals surface area contributed by atoms with Crippen molar-refractivity contribution < 1.29 is 24.2 Å². The normalized spacial score (nSPS) is 21.1. The molecule has 108 valence electrons. The van der Waals surface area contributed by atoms with Gasteiger partial charge in [-0.1, -0.05) is 13.8 Å². The van der Waals surface area contributed by atoms with E-state index in [1.807, 2.05) is 13.8 Å². The van der Waals surface area contributed by atoms with Gasteiger partial charge in [-0.05, 0) is 19.3 Å². The van der Waals surface area contributed by atoms with Crippen LogP contribution in [0, 0.1) is 17.8 Å². The predicted molar refractivity (Wildman–Crippen MR) is 67.3 cm³/mol. The topological polar surface area (TPSA) is 83.9 Å². The zero-order valence-electron chi connectivity index (χ0n) is 11.6. The van der Waals surface area contributed by atoms with E-state index in [2.05, 4.69) is 0 Å². The van der Waals surface area contributed by atoms with E-state index in [-0.39, 0.29) is 25.0 Å². The molecule has 1 N–H and O–H groups in total. The van der Waals surface area contributed by atoms with Gasteiger partial charge in [-0.25, -0.2) is 0 Å². The van der Waals surface area contributed by atoms with Crippen molar-refractivity contribution in [3.63, 3.8) is 0 Å². The molecule has 2 unspecified atom stereocenters. The van der Waals surface area contributed by atoms with E-state index in [1.165, 1.54) is 4.90 Å². The molecule has 0 aromatic heterocycles. The molecular weight excluding hydrogens is 250 g/mol. The number of carboxylic acid groups (broad SMARTS) is 1. The number of rotatable bonds is 7. The third kappa shape index (κ3) is 4.54. The molecule has 0 saturated heterocycles. The summed E-state index contributed by atoms with van der Waals surface area (Å²) in [4.78, 5) is 35.8. The quantitative estimate of drug-likeness (QED) is 0.691. The Morgan fingerprint density at radius 3 is 2.37 bits per heavy atom. The number of hydrogen-bond acceptors (Lipinski definition) is 4. The summed E-state index contributed by atoms with van der Waals surface area (Å²) in [7, 11) is 0. The molecule has 0 heterocycles. The summed E-state index contributed by atoms with van der Waals surface area (Å²) >= 11 is 0. The fraction of sp³-hybridized carbons (Fsp3) is 0.769. The largest absolute Gasteiger partial charge is 0.481 e. The molecule has 0 spiro atoms. The van der Waals surface area contributed by atoms with Crippen LogP contribution in [0.1, 0.15) is 27.2 Å². The first-order chi connectivity index (χ1) is 8.86. The number of nitrogens with zero attached hydrogens (tertiary/aromatic N) is 1. The van der Waals surface area contributed by atoms with Crippen molar-refractivity contribution in [1.29, 1.82) is 0 Å². The maximum atomic E-state index is 12.2. The number of amides is 1. The fourth-order valence-electron chi connectivity index (χ4n) is 2.01. The lowest BCUT2D eigenvalue weighted by molar-refractivity contribution is -0.150. The van der Waals surface area contributed by atoms with E-state index in [0.29, 0.717) is 13.0 Å². The Morgan fingerprint density at radius 1 is 1.32 bits per heavy atom. The molecule has 6 nitrogen and oxygen atoms in total. The number of hydrogen-bond donors (Lipinski definition) is 1. The smallest absolute Gasteiger partial charge is 0.325 e. The fourth-order valence-corrected chi connectivity index (χ4v) is 2.01. The lowest BCUT2D eigenvalue weighted by Gasteiger charge is -2.23. The van der Waals surface area contributed by atoms with Gasteiger partial charge in [0.05, 0.1) is 18.4 Å². The Labute approximate surface area is 112 Å². The SMILES string of the molecule is CCOC(=O)CN(CC(C)C)C(=O)C1CC1C(=O)O. The summed E-state index contributed by atoms with van der Waals surface area (Å²) < 4.78 is 4.83. The minimum atomic E-state index is -0.945. The number of esters is 1. The second kappa shape index (κ2) is 6.54. The maximum Gasteiger partial charge on any atom is 0.325 e. The second-order valence-corrected chi connectivity index (χ2v) is 5.20. The lowest BCUT2D eigenvalue weighted by atomic mass is 10.2. The van der Waals surface area contributed by atoms with Gasteiger partial charge in [0.2, 0.25) is 5.91 Å². The van der Waals surface area contributed by atoms with E-state index >= 15 is 0 Å². The number of carbonyl (C=O) groups is 3. The maximum absolute atomic E-state index is 12.2. The Morgan fingerprint density at radius 2 is 1.95 bits per heavy atom. The average molecular weight is 271 g/mol. The van der Waals surface area contributed by atoms with E-state index in [1.54, 1.807) is 6.92 Å². The van der Waals surface area contributed by atoms with Crippen molar-refractivity contribution in [2.45, 2.75) is 27.2 Å². The summed E-state index contributed by atoms with van der Waals surface area (Å²) in [5, 5.41) is 8.84. The van der Waals surface area contributed by atoms with E-state index in [4.69, 9.17) is 9.84 Å². The van der Waals surface area contributed by atoms with Gasteiger partial charge in [0, 0.05) is 6.54 Å². The summed E-state index contributed by atoms with van der Waals surface area (Å²) in [5.41, 5.74) is 0. The third-order valence-corrected chi connectivity index (χ3v) is 2.95. The summed E-state index contributed by atoms with van der Waals surface area (Å²) in [6, 6.07) is 0. The summed E-state index contributed by atoms with van der Waals surface area (Å²) in [6.07, 6.45) is 0.367. The Balaban J connectivity index is 2.61. The van der Waals surface area contributed by atoms with Gasteiger partial charge in [0.15, 0.2) is 0 Å². The van der Waals surface area contributed by atoms with Gasteiger partial charge in [0.1, 0.15) is 6.54 Å². The van der Waals surface area contributed by atoms with Gasteiger partial charge in [0.25, 0.3) is 0 Å². The van der Waals surface area contributed by atoms with Crippen molar-refractivity contribution in [3.8, 4) is 0 Å². The molecule has 0 radical (unpaired) electrons. The van der Waals surface area contributed by atoms with Crippen LogP contribution in [0.2, 0.25) is 0 Å². The van der Waals surface area contributed by atoms with Gasteiger partial charge in [-0.3, -0.25) is 14.4 Å². The average Bonchev–Trinajstić information content (AvgIpc) is 3.06. The van der Waals surface area contributed by atoms with Gasteiger partial charge >= 0.3 is 11.9 Å². The van der Waals surface area contributed by atoms with Crippen molar-refractivity contribution >= 4 is 17.8 Å². The standard InChI is InChI=1S/C13H21NO5/c1-4-19-11(15)7-14(6-8(2)3)12(16)9-5-10(9)13(17)18/h8-10H,4-7H2,1-3H3,(H,17,18). The van der Waals surface area contributed by atoms with E-state index < -0.39 is 23.8 Å². The van der Waals surface area contributed by atoms with Crippen molar-refractivity contribution in [1.82, 2.24) is 4.90 Å². The van der Waals surface area contributed by atoms with Crippen LogP contribution in [-0.4, -0.2) is 47.5 Å². The minimum Gasteiger partial charge on any atom is -0.481 e. The zero-order chi connectivity index (χ0) is 14.6. The first kappa shape index (κ1) is 15.5. The molecule has 2 atom stereocenters. The zero-order valence-corrected chi connectivity index (χ0v) is 11.6. The van der Waals surface area contributed by atoms with Crippen LogP contribution in [-0.2, 0) is 19.1 Å². The Kier molecular flexibility index (Phi) is 5.32. The molecule has 1 rings (SSSR count). The number of carbonyl (C=O) groups excluding carboxylic acids is 2. The van der Waals surface area contributed by atoms with E-state index in [0.717, 1.165) is 0 Å². The monoisotopic (exact) mass is 271 g/mol. The summed E-state index contributed by atoms with van der Waals surface area (Å²) in [6.45, 7) is 6.17. The Hall–Kier alpha value is -1.59. The van der Waals surface area contributed by atoms with Crippen molar-refractivity contribution in [2.24, 2.45) is 17.8 Å². The van der Waals surface area contributed by atoms with Crippen LogP contribution < -0.4 is 0 Å². The molecule has 1 amide bonds. The molecule has 0 aliphatic heterocycles. The van der Waals surface area contributed by atoms with Crippen LogP contribution in [0.3, 0.4) is 0 Å². The van der Waals surface area contributed by atoms with Crippen molar-refractivity contribution in [3.05, 3.63) is 0 Å². The van der Waals surface area contributed by atoms with Crippen molar-refractivity contribution in [2.75, 3.05) is 19.7 Å². The molecule has 1 aliphatic carbocycles. The van der Waals surface area contributed by atoms with Crippen LogP contribution in [0.4, 0.5) is 0 Å². The molecule has 1 aliphatic rings. The molecule has 0 aromatic rings. The first-order valence-corrected chi connectivity index (χ1v) is 6.54. The lowest BCUT2D eigenvalue weighted by Crippen LogP contribution is -2.40. The number of carboxylic acids is 1. The van der Waals surface area contributed by atoms with Gasteiger partial charge < -0.3 is 14.7 Å². The minimum absolute atomic E-state index is 0.103. The molecule has 0 aromatic carbocycles. The van der Waals surface area contributed by atoms with Crippen LogP contribution in [0.15, 0.2) is 0 Å². The predicted octanol–water partition coefficient (Wildman–Crippen LogP) is 0.755. The molecular formula is C13H21NO5. The van der Waals surface area contributed by atoms with E-state index in [9.17, 15) is 14.4 Å². The molecule has 1 fully saturated rings. The number of aliphatic carboxylic acids is 1. The van der Waals surface area contributed by atoms with Gasteiger partial charge in [-0.15, -0.1) is 0 Å². The third-order valence-electron chi connectivity index (χ3n) is 2.95. The van der Waals surface area contributed by atoms with Crippen LogP contribution >= 0.6 is 0 Å². The first-order valence-electron chi connectivity index (χ1n) is 6.54. The van der Waals surface area contributed by atoms with Gasteiger partial charge in [-0.2, -0.15) is 0 Å². The highest BCUT2D eigenvalue weighted by molar-refractivity contribution is 5.91. The molecule has 6 heteroatoms. The van der Waals surface area contributed by atoms with Crippen LogP contribution in [0.25, 0.3) is 0 Å². The second-order valence-electron chi connectivity index (χ2n) is 5.20. The molecule has 19 heavy (non-hydrogen) atoms. The number of ether oxygens (including phenoxy) is 1. The summed E-state index contributed by atoms with van der Waals surface area (Å²) in [5.74, 6) is -2.52. The molecule has 0 bridgehead atoms. The highest BCUT2D eigenvalue weighted by Gasteiger charge is 2.50. The highest BCUT2D eigenvalue weighted by atomic mass is 16.5. The van der Waals surface area contributed by atoms with Crippen LogP contribution in [0.5, 0.6) is 0 Å². The Bertz CT molecular complexity index is 366. The highest BCUT2D eigenvalue weighted by Crippen LogP contribution is 2.40.